The minimum absolute atomic E-state index is 0. The van der Waals surface area contributed by atoms with Gasteiger partial charge in [0.15, 0.2) is 0 Å². The van der Waals surface area contributed by atoms with E-state index in [0.29, 0.717) is 5.41 Å². The van der Waals surface area contributed by atoms with E-state index in [9.17, 15) is 0 Å². The van der Waals surface area contributed by atoms with Gasteiger partial charge in [-0.3, -0.25) is 0 Å². The van der Waals surface area contributed by atoms with Crippen molar-refractivity contribution in [1.29, 1.82) is 0 Å². The fourth-order valence-corrected chi connectivity index (χ4v) is 2.08. The molecule has 0 heteroatoms. The normalized spacial score (nSPS) is 39.9. The molecule has 2 unspecified atom stereocenters. The highest BCUT2D eigenvalue weighted by molar-refractivity contribution is 5.14. The molecule has 0 aromatic heterocycles. The van der Waals surface area contributed by atoms with Gasteiger partial charge in [-0.05, 0) is 30.6 Å². The summed E-state index contributed by atoms with van der Waals surface area (Å²) in [5.41, 5.74) is 0.592. The van der Waals surface area contributed by atoms with Gasteiger partial charge >= 0.3 is 0 Å². The SMILES string of the molecule is CC12CC=CCC1C=CC2.[CH2]. The monoisotopic (exact) mass is 148 g/mol. The highest BCUT2D eigenvalue weighted by Gasteiger charge is 2.34. The van der Waals surface area contributed by atoms with Crippen molar-refractivity contribution in [2.24, 2.45) is 11.3 Å². The largest absolute Gasteiger partial charge is 0.0879 e. The standard InChI is InChI=1S/C10H14.CH2/c1-10-7-3-2-5-9(10)6-4-8-10;/h2-4,6,9H,5,7-8H2,1H3;1H2. The van der Waals surface area contributed by atoms with Crippen LogP contribution in [0.4, 0.5) is 0 Å². The molecule has 0 saturated heterocycles. The summed E-state index contributed by atoms with van der Waals surface area (Å²) >= 11 is 0. The van der Waals surface area contributed by atoms with Crippen LogP contribution in [-0.2, 0) is 0 Å². The van der Waals surface area contributed by atoms with Gasteiger partial charge in [0.2, 0.25) is 0 Å². The molecular formula is C11H16. The Kier molecular flexibility index (Phi) is 2.22. The molecule has 0 spiro atoms. The van der Waals surface area contributed by atoms with Crippen LogP contribution in [0.3, 0.4) is 0 Å². The average molecular weight is 148 g/mol. The zero-order valence-electron chi connectivity index (χ0n) is 7.22. The fraction of sp³-hybridized carbons (Fsp3) is 0.545. The van der Waals surface area contributed by atoms with Crippen LogP contribution in [0.15, 0.2) is 24.3 Å². The van der Waals surface area contributed by atoms with Crippen LogP contribution in [0.2, 0.25) is 0 Å². The molecular weight excluding hydrogens is 132 g/mol. The zero-order chi connectivity index (χ0) is 7.03. The van der Waals surface area contributed by atoms with Crippen LogP contribution < -0.4 is 0 Å². The van der Waals surface area contributed by atoms with Crippen LogP contribution >= 0.6 is 0 Å². The first kappa shape index (κ1) is 8.58. The van der Waals surface area contributed by atoms with Gasteiger partial charge in [0, 0.05) is 0 Å². The van der Waals surface area contributed by atoms with Gasteiger partial charge in [-0.25, -0.2) is 0 Å². The predicted octanol–water partition coefficient (Wildman–Crippen LogP) is 3.25. The second kappa shape index (κ2) is 2.84. The molecule has 0 fully saturated rings. The van der Waals surface area contributed by atoms with Crippen LogP contribution in [0.1, 0.15) is 26.2 Å². The third-order valence-electron chi connectivity index (χ3n) is 2.99. The lowest BCUT2D eigenvalue weighted by Crippen LogP contribution is -2.23. The molecule has 0 aromatic rings. The number of rotatable bonds is 0. The molecule has 0 heterocycles. The van der Waals surface area contributed by atoms with Crippen molar-refractivity contribution in [2.45, 2.75) is 26.2 Å². The van der Waals surface area contributed by atoms with E-state index >= 15 is 0 Å². The summed E-state index contributed by atoms with van der Waals surface area (Å²) in [5.74, 6) is 0.845. The van der Waals surface area contributed by atoms with Gasteiger partial charge in [-0.1, -0.05) is 38.7 Å². The van der Waals surface area contributed by atoms with E-state index in [1.165, 1.54) is 19.3 Å². The molecule has 0 bridgehead atoms. The first-order chi connectivity index (χ1) is 4.81. The van der Waals surface area contributed by atoms with Crippen molar-refractivity contribution in [2.75, 3.05) is 0 Å². The third kappa shape index (κ3) is 1.26. The van der Waals surface area contributed by atoms with Gasteiger partial charge in [0.1, 0.15) is 0 Å². The van der Waals surface area contributed by atoms with Crippen molar-refractivity contribution in [3.63, 3.8) is 0 Å². The van der Waals surface area contributed by atoms with Gasteiger partial charge < -0.3 is 0 Å². The molecule has 60 valence electrons. The molecule has 0 nitrogen and oxygen atoms in total. The van der Waals surface area contributed by atoms with Crippen LogP contribution in [-0.4, -0.2) is 0 Å². The van der Waals surface area contributed by atoms with Gasteiger partial charge in [0.05, 0.1) is 0 Å². The van der Waals surface area contributed by atoms with E-state index < -0.39 is 0 Å². The summed E-state index contributed by atoms with van der Waals surface area (Å²) in [6.07, 6.45) is 13.2. The molecule has 0 amide bonds. The minimum Gasteiger partial charge on any atom is -0.0879 e. The van der Waals surface area contributed by atoms with Crippen molar-refractivity contribution >= 4 is 0 Å². The molecule has 11 heavy (non-hydrogen) atoms. The highest BCUT2D eigenvalue weighted by atomic mass is 14.4. The lowest BCUT2D eigenvalue weighted by atomic mass is 9.72. The number of allylic oxidation sites excluding steroid dienone is 4. The molecule has 0 saturated carbocycles. The summed E-state index contributed by atoms with van der Waals surface area (Å²) in [5, 5.41) is 0. The van der Waals surface area contributed by atoms with E-state index in [-0.39, 0.29) is 7.43 Å². The summed E-state index contributed by atoms with van der Waals surface area (Å²) in [6, 6.07) is 0. The molecule has 2 aliphatic carbocycles. The van der Waals surface area contributed by atoms with E-state index in [4.69, 9.17) is 0 Å². The van der Waals surface area contributed by atoms with Crippen LogP contribution in [0.25, 0.3) is 0 Å². The van der Waals surface area contributed by atoms with E-state index in [1.54, 1.807) is 0 Å². The lowest BCUT2D eigenvalue weighted by molar-refractivity contribution is 0.244. The van der Waals surface area contributed by atoms with Gasteiger partial charge in [-0.15, -0.1) is 0 Å². The van der Waals surface area contributed by atoms with Crippen molar-refractivity contribution in [3.8, 4) is 0 Å². The molecule has 0 aromatic carbocycles. The van der Waals surface area contributed by atoms with Crippen molar-refractivity contribution in [1.82, 2.24) is 0 Å². The average Bonchev–Trinajstić information content (AvgIpc) is 2.29. The Hall–Kier alpha value is -0.520. The summed E-state index contributed by atoms with van der Waals surface area (Å²) in [6.45, 7) is 2.40. The molecule has 0 aliphatic heterocycles. The second-order valence-electron chi connectivity index (χ2n) is 3.80. The molecule has 2 rings (SSSR count). The molecule has 0 N–H and O–H groups in total. The van der Waals surface area contributed by atoms with E-state index in [1.807, 2.05) is 0 Å². The van der Waals surface area contributed by atoms with E-state index in [2.05, 4.69) is 31.2 Å². The zero-order valence-corrected chi connectivity index (χ0v) is 7.22. The van der Waals surface area contributed by atoms with E-state index in [0.717, 1.165) is 5.92 Å². The Morgan fingerprint density at radius 2 is 1.91 bits per heavy atom. The Balaban J connectivity index is 0.000000605. The smallest absolute Gasteiger partial charge is 0.0139 e. The number of hydrogen-bond acceptors (Lipinski definition) is 0. The topological polar surface area (TPSA) is 0 Å². The lowest BCUT2D eigenvalue weighted by Gasteiger charge is -2.32. The summed E-state index contributed by atoms with van der Waals surface area (Å²) < 4.78 is 0. The fourth-order valence-electron chi connectivity index (χ4n) is 2.08. The maximum absolute atomic E-state index is 2.40. The Labute approximate surface area is 70.0 Å². The third-order valence-corrected chi connectivity index (χ3v) is 2.99. The quantitative estimate of drug-likeness (QED) is 0.463. The molecule has 2 atom stereocenters. The highest BCUT2D eigenvalue weighted by Crippen LogP contribution is 2.45. The second-order valence-corrected chi connectivity index (χ2v) is 3.80. The predicted molar refractivity (Wildman–Crippen MR) is 49.1 cm³/mol. The maximum atomic E-state index is 2.40. The number of hydrogen-bond donors (Lipinski definition) is 0. The Morgan fingerprint density at radius 1 is 1.18 bits per heavy atom. The summed E-state index contributed by atoms with van der Waals surface area (Å²) in [7, 11) is 0. The van der Waals surface area contributed by atoms with Crippen LogP contribution in [0, 0.1) is 18.8 Å². The number of fused-ring (bicyclic) bond motifs is 1. The van der Waals surface area contributed by atoms with Gasteiger partial charge in [-0.2, -0.15) is 0 Å². The Bertz CT molecular complexity index is 188. The van der Waals surface area contributed by atoms with Crippen molar-refractivity contribution in [3.05, 3.63) is 31.7 Å². The summed E-state index contributed by atoms with van der Waals surface area (Å²) in [4.78, 5) is 0. The molecule has 2 aliphatic rings. The first-order valence-electron chi connectivity index (χ1n) is 4.13. The van der Waals surface area contributed by atoms with Crippen LogP contribution in [0.5, 0.6) is 0 Å². The maximum Gasteiger partial charge on any atom is -0.0139 e. The van der Waals surface area contributed by atoms with Gasteiger partial charge in [0.25, 0.3) is 0 Å². The Morgan fingerprint density at radius 3 is 2.64 bits per heavy atom. The van der Waals surface area contributed by atoms with Crippen molar-refractivity contribution < 1.29 is 0 Å². The first-order valence-corrected chi connectivity index (χ1v) is 4.13. The molecule has 2 radical (unpaired) electrons. The minimum atomic E-state index is 0.